The van der Waals surface area contributed by atoms with E-state index < -0.39 is 23.0 Å². The maximum absolute atomic E-state index is 13.2. The van der Waals surface area contributed by atoms with E-state index in [2.05, 4.69) is 31.2 Å². The van der Waals surface area contributed by atoms with E-state index in [9.17, 15) is 14.0 Å². The number of fused-ring (bicyclic) bond motifs is 2. The van der Waals surface area contributed by atoms with E-state index in [1.807, 2.05) is 12.1 Å². The molecule has 6 rings (SSSR count). The molecular formula is C30H27FN6O5. The minimum absolute atomic E-state index is 0.311. The molecule has 2 amide bonds. The number of halogens is 1. The SMILES string of the molecule is COc1cc2c(cc1OC)Nc1ncnc(Oc3ccc(NC(=O)C4(C(=O)Nc5ccc(F)cc5)CC4)cc3)c1NC2. The maximum Gasteiger partial charge on any atom is 0.248 e. The monoisotopic (exact) mass is 570 g/mol. The fraction of sp³-hybridized carbons (Fsp3) is 0.200. The quantitative estimate of drug-likeness (QED) is 0.204. The van der Waals surface area contributed by atoms with Gasteiger partial charge in [-0.2, -0.15) is 4.98 Å². The summed E-state index contributed by atoms with van der Waals surface area (Å²) in [5.74, 6) is 1.30. The normalized spacial score (nSPS) is 14.1. The number of rotatable bonds is 8. The van der Waals surface area contributed by atoms with Gasteiger partial charge in [0, 0.05) is 29.7 Å². The van der Waals surface area contributed by atoms with Gasteiger partial charge >= 0.3 is 0 Å². The summed E-state index contributed by atoms with van der Waals surface area (Å²) in [4.78, 5) is 34.5. The summed E-state index contributed by atoms with van der Waals surface area (Å²) in [5.41, 5.74) is 2.10. The van der Waals surface area contributed by atoms with E-state index in [4.69, 9.17) is 14.2 Å². The van der Waals surface area contributed by atoms with E-state index in [1.54, 1.807) is 38.5 Å². The van der Waals surface area contributed by atoms with Gasteiger partial charge in [-0.25, -0.2) is 9.37 Å². The number of carbonyl (C=O) groups is 2. The molecule has 0 spiro atoms. The van der Waals surface area contributed by atoms with Crippen LogP contribution in [0.3, 0.4) is 0 Å². The lowest BCUT2D eigenvalue weighted by atomic mass is 10.0. The van der Waals surface area contributed by atoms with Crippen molar-refractivity contribution < 1.29 is 28.2 Å². The molecule has 2 heterocycles. The summed E-state index contributed by atoms with van der Waals surface area (Å²) in [6.07, 6.45) is 2.25. The van der Waals surface area contributed by atoms with Crippen LogP contribution in [-0.4, -0.2) is 36.0 Å². The largest absolute Gasteiger partial charge is 0.493 e. The van der Waals surface area contributed by atoms with E-state index in [-0.39, 0.29) is 0 Å². The lowest BCUT2D eigenvalue weighted by Gasteiger charge is -2.16. The molecule has 2 aliphatic rings. The highest BCUT2D eigenvalue weighted by Gasteiger charge is 2.56. The van der Waals surface area contributed by atoms with Crippen LogP contribution in [0, 0.1) is 11.2 Å². The number of benzene rings is 3. The highest BCUT2D eigenvalue weighted by Crippen LogP contribution is 2.48. The summed E-state index contributed by atoms with van der Waals surface area (Å²) in [6.45, 7) is 0.459. The van der Waals surface area contributed by atoms with Crippen LogP contribution in [0.2, 0.25) is 0 Å². The number of aromatic nitrogens is 2. The van der Waals surface area contributed by atoms with Gasteiger partial charge in [0.2, 0.25) is 17.7 Å². The van der Waals surface area contributed by atoms with Gasteiger partial charge in [-0.1, -0.05) is 0 Å². The number of ether oxygens (including phenoxy) is 3. The lowest BCUT2D eigenvalue weighted by Crippen LogP contribution is -2.35. The van der Waals surface area contributed by atoms with E-state index in [0.717, 1.165) is 11.3 Å². The van der Waals surface area contributed by atoms with Crippen LogP contribution in [0.25, 0.3) is 0 Å². The van der Waals surface area contributed by atoms with Crippen molar-refractivity contribution in [3.8, 4) is 23.1 Å². The summed E-state index contributed by atoms with van der Waals surface area (Å²) in [7, 11) is 3.16. The Bertz CT molecular complexity index is 1660. The summed E-state index contributed by atoms with van der Waals surface area (Å²) in [5, 5.41) is 12.1. The second-order valence-corrected chi connectivity index (χ2v) is 9.87. The Morgan fingerprint density at radius 3 is 2.12 bits per heavy atom. The van der Waals surface area contributed by atoms with Crippen LogP contribution in [-0.2, 0) is 16.1 Å². The Hall–Kier alpha value is -5.39. The Labute approximate surface area is 240 Å². The molecule has 1 aliphatic heterocycles. The molecule has 42 heavy (non-hydrogen) atoms. The zero-order valence-corrected chi connectivity index (χ0v) is 22.8. The predicted molar refractivity (Wildman–Crippen MR) is 154 cm³/mol. The van der Waals surface area contributed by atoms with E-state index >= 15 is 0 Å². The first kappa shape index (κ1) is 26.8. The van der Waals surface area contributed by atoms with Crippen LogP contribution in [0.5, 0.6) is 23.1 Å². The molecule has 1 aromatic heterocycles. The number of nitrogens with zero attached hydrogens (tertiary/aromatic N) is 2. The van der Waals surface area contributed by atoms with Crippen LogP contribution < -0.4 is 35.5 Å². The summed E-state index contributed by atoms with van der Waals surface area (Å²) < 4.78 is 30.1. The van der Waals surface area contributed by atoms with Crippen molar-refractivity contribution in [2.45, 2.75) is 19.4 Å². The van der Waals surface area contributed by atoms with Crippen molar-refractivity contribution in [2.24, 2.45) is 5.41 Å². The molecule has 1 saturated carbocycles. The zero-order chi connectivity index (χ0) is 29.3. The molecule has 4 N–H and O–H groups in total. The van der Waals surface area contributed by atoms with Crippen LogP contribution in [0.1, 0.15) is 18.4 Å². The van der Waals surface area contributed by atoms with Gasteiger partial charge in [-0.05, 0) is 73.0 Å². The van der Waals surface area contributed by atoms with Crippen LogP contribution >= 0.6 is 0 Å². The Morgan fingerprint density at radius 2 is 1.50 bits per heavy atom. The first-order valence-corrected chi connectivity index (χ1v) is 13.2. The number of amides is 2. The molecule has 1 aliphatic carbocycles. The smallest absolute Gasteiger partial charge is 0.248 e. The van der Waals surface area contributed by atoms with E-state index in [1.165, 1.54) is 30.6 Å². The standard InChI is InChI=1S/C30H27FN6O5/c1-40-23-13-17-15-32-25-26(37-22(17)14-24(23)41-2)33-16-34-27(25)42-21-9-7-20(8-10-21)36-29(39)30(11-12-30)28(38)35-19-5-3-18(31)4-6-19/h3-10,13-14,16,32H,11-12,15H2,1-2H3,(H,35,38)(H,36,39)(H,33,34,37). The number of carbonyl (C=O) groups excluding carboxylic acids is 2. The van der Waals surface area contributed by atoms with Crippen molar-refractivity contribution in [2.75, 3.05) is 35.5 Å². The minimum atomic E-state index is -1.16. The molecule has 214 valence electrons. The second kappa shape index (κ2) is 10.9. The number of hydrogen-bond donors (Lipinski definition) is 4. The molecule has 0 unspecified atom stereocenters. The average molecular weight is 571 g/mol. The Morgan fingerprint density at radius 1 is 0.881 bits per heavy atom. The molecule has 12 heteroatoms. The third kappa shape index (κ3) is 5.21. The molecule has 11 nitrogen and oxygen atoms in total. The summed E-state index contributed by atoms with van der Waals surface area (Å²) in [6, 6.07) is 15.9. The Kier molecular flexibility index (Phi) is 6.95. The van der Waals surface area contributed by atoms with Gasteiger partial charge in [0.15, 0.2) is 17.3 Å². The number of nitrogens with one attached hydrogen (secondary N) is 4. The van der Waals surface area contributed by atoms with Gasteiger partial charge in [-0.3, -0.25) is 9.59 Å². The van der Waals surface area contributed by atoms with Gasteiger partial charge in [-0.15, -0.1) is 0 Å². The number of methoxy groups -OCH3 is 2. The second-order valence-electron chi connectivity index (χ2n) is 9.87. The third-order valence-corrected chi connectivity index (χ3v) is 7.18. The van der Waals surface area contributed by atoms with Crippen LogP contribution in [0.4, 0.5) is 33.0 Å². The fourth-order valence-electron chi connectivity index (χ4n) is 4.63. The molecule has 1 fully saturated rings. The third-order valence-electron chi connectivity index (χ3n) is 7.18. The maximum atomic E-state index is 13.2. The number of anilines is 5. The van der Waals surface area contributed by atoms with Gasteiger partial charge in [0.05, 0.1) is 14.2 Å². The van der Waals surface area contributed by atoms with Crippen molar-refractivity contribution in [3.63, 3.8) is 0 Å². The van der Waals surface area contributed by atoms with Crippen LogP contribution in [0.15, 0.2) is 67.0 Å². The first-order valence-electron chi connectivity index (χ1n) is 13.2. The van der Waals surface area contributed by atoms with Crippen molar-refractivity contribution in [3.05, 3.63) is 78.4 Å². The molecule has 0 bridgehead atoms. The highest BCUT2D eigenvalue weighted by atomic mass is 19.1. The molecule has 0 atom stereocenters. The highest BCUT2D eigenvalue weighted by molar-refractivity contribution is 6.16. The first-order chi connectivity index (χ1) is 20.4. The molecule has 0 radical (unpaired) electrons. The topological polar surface area (TPSA) is 136 Å². The zero-order valence-electron chi connectivity index (χ0n) is 22.8. The Balaban J connectivity index is 1.12. The number of hydrogen-bond acceptors (Lipinski definition) is 9. The molecular weight excluding hydrogens is 543 g/mol. The lowest BCUT2D eigenvalue weighted by molar-refractivity contribution is -0.131. The van der Waals surface area contributed by atoms with Crippen molar-refractivity contribution >= 4 is 40.4 Å². The van der Waals surface area contributed by atoms with Gasteiger partial charge in [0.1, 0.15) is 29.0 Å². The molecule has 4 aromatic rings. The predicted octanol–water partition coefficient (Wildman–Crippen LogP) is 5.45. The average Bonchev–Trinajstić information content (AvgIpc) is 3.83. The van der Waals surface area contributed by atoms with Crippen molar-refractivity contribution in [1.82, 2.24) is 9.97 Å². The minimum Gasteiger partial charge on any atom is -0.493 e. The van der Waals surface area contributed by atoms with E-state index in [0.29, 0.717) is 65.4 Å². The summed E-state index contributed by atoms with van der Waals surface area (Å²) >= 11 is 0. The molecule has 3 aromatic carbocycles. The van der Waals surface area contributed by atoms with Gasteiger partial charge in [0.25, 0.3) is 0 Å². The van der Waals surface area contributed by atoms with Crippen molar-refractivity contribution in [1.29, 1.82) is 0 Å². The fourth-order valence-corrected chi connectivity index (χ4v) is 4.63. The van der Waals surface area contributed by atoms with Gasteiger partial charge < -0.3 is 35.5 Å². The molecule has 0 saturated heterocycles.